The lowest BCUT2D eigenvalue weighted by molar-refractivity contribution is 0.0295. The highest BCUT2D eigenvalue weighted by Crippen LogP contribution is 2.47. The normalized spacial score (nSPS) is 21.2. The van der Waals surface area contributed by atoms with Crippen LogP contribution in [0.5, 0.6) is 0 Å². The van der Waals surface area contributed by atoms with Crippen LogP contribution in [0, 0.1) is 5.41 Å². The molecule has 1 heterocycles. The van der Waals surface area contributed by atoms with Gasteiger partial charge in [0.15, 0.2) is 0 Å². The quantitative estimate of drug-likeness (QED) is 0.902. The summed E-state index contributed by atoms with van der Waals surface area (Å²) in [5.74, 6) is 0. The molecule has 0 amide bonds. The number of aliphatic hydroxyl groups excluding tert-OH is 1. The van der Waals surface area contributed by atoms with Crippen molar-refractivity contribution in [2.45, 2.75) is 37.8 Å². The van der Waals surface area contributed by atoms with E-state index in [1.165, 1.54) is 24.0 Å². The Labute approximate surface area is 124 Å². The van der Waals surface area contributed by atoms with E-state index in [1.807, 2.05) is 12.5 Å². The van der Waals surface area contributed by atoms with Gasteiger partial charge >= 0.3 is 0 Å². The standard InChI is InChI=1S/C17H21N3O/c18-10-17(7-12-3-1-2-4-13(12)8-17)16(21)15-9-19-11-20(15)14-5-6-14/h1-4,9,11,14,16,21H,5-8,10,18H2. The number of rotatable bonds is 4. The summed E-state index contributed by atoms with van der Waals surface area (Å²) in [6.45, 7) is 0.485. The predicted molar refractivity (Wildman–Crippen MR) is 80.8 cm³/mol. The second kappa shape index (κ2) is 4.68. The molecule has 1 aromatic carbocycles. The average Bonchev–Trinajstić information content (AvgIpc) is 3.12. The zero-order valence-corrected chi connectivity index (χ0v) is 12.1. The first kappa shape index (κ1) is 13.0. The van der Waals surface area contributed by atoms with Gasteiger partial charge in [0.05, 0.1) is 18.2 Å². The Morgan fingerprint density at radius 2 is 1.95 bits per heavy atom. The summed E-state index contributed by atoms with van der Waals surface area (Å²) < 4.78 is 2.14. The molecule has 2 aromatic rings. The second-order valence-corrected chi connectivity index (χ2v) is 6.55. The highest BCUT2D eigenvalue weighted by atomic mass is 16.3. The van der Waals surface area contributed by atoms with Gasteiger partial charge in [0.25, 0.3) is 0 Å². The zero-order chi connectivity index (χ0) is 14.4. The van der Waals surface area contributed by atoms with Crippen molar-refractivity contribution in [2.24, 2.45) is 11.1 Å². The van der Waals surface area contributed by atoms with Gasteiger partial charge in [-0.1, -0.05) is 24.3 Å². The second-order valence-electron chi connectivity index (χ2n) is 6.55. The van der Waals surface area contributed by atoms with Crippen molar-refractivity contribution in [3.05, 3.63) is 53.6 Å². The largest absolute Gasteiger partial charge is 0.386 e. The fourth-order valence-electron chi connectivity index (χ4n) is 3.67. The van der Waals surface area contributed by atoms with Crippen molar-refractivity contribution in [3.63, 3.8) is 0 Å². The van der Waals surface area contributed by atoms with Gasteiger partial charge in [-0.05, 0) is 36.8 Å². The number of benzene rings is 1. The average molecular weight is 283 g/mol. The van der Waals surface area contributed by atoms with Gasteiger partial charge in [0, 0.05) is 18.0 Å². The van der Waals surface area contributed by atoms with E-state index in [4.69, 9.17) is 5.73 Å². The third kappa shape index (κ3) is 2.01. The molecular weight excluding hydrogens is 262 g/mol. The minimum Gasteiger partial charge on any atom is -0.386 e. The number of aliphatic hydroxyl groups is 1. The molecule has 4 nitrogen and oxygen atoms in total. The summed E-state index contributed by atoms with van der Waals surface area (Å²) in [5.41, 5.74) is 9.38. The number of aromatic nitrogens is 2. The first-order valence-electron chi connectivity index (χ1n) is 7.70. The lowest BCUT2D eigenvalue weighted by Crippen LogP contribution is -2.38. The Balaban J connectivity index is 1.69. The van der Waals surface area contributed by atoms with Crippen LogP contribution in [0.1, 0.15) is 41.8 Å². The molecule has 1 fully saturated rings. The van der Waals surface area contributed by atoms with E-state index in [1.54, 1.807) is 0 Å². The Hall–Kier alpha value is -1.65. The first-order valence-corrected chi connectivity index (χ1v) is 7.70. The third-order valence-corrected chi connectivity index (χ3v) is 5.11. The fraction of sp³-hybridized carbons (Fsp3) is 0.471. The van der Waals surface area contributed by atoms with Crippen molar-refractivity contribution < 1.29 is 5.11 Å². The smallest absolute Gasteiger partial charge is 0.103 e. The molecule has 0 aliphatic heterocycles. The maximum absolute atomic E-state index is 11.0. The van der Waals surface area contributed by atoms with Crippen molar-refractivity contribution in [1.82, 2.24) is 9.55 Å². The van der Waals surface area contributed by atoms with Crippen LogP contribution in [0.3, 0.4) is 0 Å². The van der Waals surface area contributed by atoms with Gasteiger partial charge in [-0.15, -0.1) is 0 Å². The topological polar surface area (TPSA) is 64.1 Å². The van der Waals surface area contributed by atoms with Gasteiger partial charge in [0.1, 0.15) is 6.10 Å². The van der Waals surface area contributed by atoms with Crippen LogP contribution in [0.15, 0.2) is 36.8 Å². The molecule has 4 heteroatoms. The van der Waals surface area contributed by atoms with Crippen LogP contribution >= 0.6 is 0 Å². The molecule has 2 aliphatic rings. The molecule has 110 valence electrons. The molecule has 1 saturated carbocycles. The summed E-state index contributed by atoms with van der Waals surface area (Å²) in [6, 6.07) is 8.95. The summed E-state index contributed by atoms with van der Waals surface area (Å²) in [6.07, 6.45) is 7.16. The molecule has 0 bridgehead atoms. The molecule has 1 atom stereocenters. The minimum absolute atomic E-state index is 0.295. The molecule has 4 rings (SSSR count). The molecular formula is C17H21N3O. The van der Waals surface area contributed by atoms with Crippen LogP contribution in [-0.4, -0.2) is 21.2 Å². The first-order chi connectivity index (χ1) is 10.2. The summed E-state index contributed by atoms with van der Waals surface area (Å²) in [4.78, 5) is 4.25. The maximum atomic E-state index is 11.0. The molecule has 21 heavy (non-hydrogen) atoms. The van der Waals surface area contributed by atoms with E-state index < -0.39 is 6.10 Å². The van der Waals surface area contributed by atoms with Gasteiger partial charge in [-0.3, -0.25) is 0 Å². The minimum atomic E-state index is -0.557. The molecule has 3 N–H and O–H groups in total. The van der Waals surface area contributed by atoms with E-state index in [2.05, 4.69) is 33.8 Å². The third-order valence-electron chi connectivity index (χ3n) is 5.11. The molecule has 2 aliphatic carbocycles. The van der Waals surface area contributed by atoms with Gasteiger partial charge < -0.3 is 15.4 Å². The Bertz CT molecular complexity index is 635. The lowest BCUT2D eigenvalue weighted by Gasteiger charge is -2.33. The van der Waals surface area contributed by atoms with E-state index in [-0.39, 0.29) is 5.41 Å². The SMILES string of the molecule is NCC1(C(O)c2cncn2C2CC2)Cc2ccccc2C1. The van der Waals surface area contributed by atoms with E-state index in [0.717, 1.165) is 18.5 Å². The molecule has 0 radical (unpaired) electrons. The van der Waals surface area contributed by atoms with E-state index in [0.29, 0.717) is 12.6 Å². The Morgan fingerprint density at radius 3 is 2.52 bits per heavy atom. The number of nitrogens with zero attached hydrogens (tertiary/aromatic N) is 2. The van der Waals surface area contributed by atoms with Crippen molar-refractivity contribution in [3.8, 4) is 0 Å². The highest BCUT2D eigenvalue weighted by Gasteiger charge is 2.44. The van der Waals surface area contributed by atoms with Crippen LogP contribution in [0.2, 0.25) is 0 Å². The molecule has 0 spiro atoms. The number of fused-ring (bicyclic) bond motifs is 1. The number of nitrogens with two attached hydrogens (primary N) is 1. The number of hydrogen-bond donors (Lipinski definition) is 2. The van der Waals surface area contributed by atoms with Crippen LogP contribution in [0.4, 0.5) is 0 Å². The van der Waals surface area contributed by atoms with Gasteiger partial charge in [0.2, 0.25) is 0 Å². The van der Waals surface area contributed by atoms with Crippen molar-refractivity contribution in [2.75, 3.05) is 6.54 Å². The Kier molecular flexibility index (Phi) is 2.91. The summed E-state index contributed by atoms with van der Waals surface area (Å²) in [5, 5.41) is 11.0. The van der Waals surface area contributed by atoms with E-state index in [9.17, 15) is 5.11 Å². The maximum Gasteiger partial charge on any atom is 0.103 e. The van der Waals surface area contributed by atoms with Crippen LogP contribution in [0.25, 0.3) is 0 Å². The monoisotopic (exact) mass is 283 g/mol. The van der Waals surface area contributed by atoms with E-state index >= 15 is 0 Å². The van der Waals surface area contributed by atoms with Crippen LogP contribution in [-0.2, 0) is 12.8 Å². The molecule has 1 unspecified atom stereocenters. The summed E-state index contributed by atoms with van der Waals surface area (Å²) in [7, 11) is 0. The molecule has 0 saturated heterocycles. The lowest BCUT2D eigenvalue weighted by atomic mass is 9.78. The zero-order valence-electron chi connectivity index (χ0n) is 12.1. The van der Waals surface area contributed by atoms with Gasteiger partial charge in [-0.25, -0.2) is 4.98 Å². The number of hydrogen-bond acceptors (Lipinski definition) is 3. The fourth-order valence-corrected chi connectivity index (χ4v) is 3.67. The Morgan fingerprint density at radius 1 is 1.29 bits per heavy atom. The predicted octanol–water partition coefficient (Wildman–Crippen LogP) is 2.00. The van der Waals surface area contributed by atoms with Gasteiger partial charge in [-0.2, -0.15) is 0 Å². The molecule has 1 aromatic heterocycles. The van der Waals surface area contributed by atoms with Crippen LogP contribution < -0.4 is 5.73 Å². The highest BCUT2D eigenvalue weighted by molar-refractivity contribution is 5.36. The summed E-state index contributed by atoms with van der Waals surface area (Å²) >= 11 is 0. The van der Waals surface area contributed by atoms with Crippen molar-refractivity contribution in [1.29, 1.82) is 0 Å². The number of imidazole rings is 1. The van der Waals surface area contributed by atoms with Crippen molar-refractivity contribution >= 4 is 0 Å².